The van der Waals surface area contributed by atoms with E-state index in [4.69, 9.17) is 11.6 Å². The van der Waals surface area contributed by atoms with Crippen molar-refractivity contribution in [3.63, 3.8) is 0 Å². The number of thiazole rings is 1. The van der Waals surface area contributed by atoms with Gasteiger partial charge in [0.05, 0.1) is 16.4 Å². The van der Waals surface area contributed by atoms with Gasteiger partial charge in [0.1, 0.15) is 5.75 Å². The molecular weight excluding hydrogens is 454 g/mol. The first-order valence-electron chi connectivity index (χ1n) is 10.4. The topological polar surface area (TPSA) is 148 Å². The summed E-state index contributed by atoms with van der Waals surface area (Å²) in [5.41, 5.74) is 0.604. The zero-order valence-corrected chi connectivity index (χ0v) is 18.8. The monoisotopic (exact) mass is 477 g/mol. The van der Waals surface area contributed by atoms with Crippen molar-refractivity contribution >= 4 is 46.5 Å². The van der Waals surface area contributed by atoms with Crippen molar-refractivity contribution in [2.75, 3.05) is 16.0 Å². The molecule has 2 heterocycles. The van der Waals surface area contributed by atoms with E-state index < -0.39 is 0 Å². The van der Waals surface area contributed by atoms with E-state index in [2.05, 4.69) is 35.9 Å². The highest BCUT2D eigenvalue weighted by molar-refractivity contribution is 7.09. The maximum absolute atomic E-state index is 11.4. The number of H-pyrrole nitrogens is 1. The Kier molecular flexibility index (Phi) is 6.96. The molecule has 1 aliphatic rings. The number of nitrogens with one attached hydrogen (secondary N) is 4. The number of anilines is 4. The van der Waals surface area contributed by atoms with Gasteiger partial charge in [-0.2, -0.15) is 15.0 Å². The number of hydrogen-bond acceptors (Lipinski definition) is 10. The number of phenolic OH excluding ortho intramolecular Hbond substituents is 1. The molecular formula is C20H24ClN7O3S. The Balaban J connectivity index is 1.56. The molecule has 0 atom stereocenters. The summed E-state index contributed by atoms with van der Waals surface area (Å²) in [4.78, 5) is 27.2. The first-order chi connectivity index (χ1) is 15.5. The second-order valence-corrected chi connectivity index (χ2v) is 9.05. The van der Waals surface area contributed by atoms with Crippen LogP contribution in [0.5, 0.6) is 11.6 Å². The molecule has 1 aromatic carbocycles. The molecule has 4 rings (SSSR count). The second kappa shape index (κ2) is 10.0. The maximum Gasteiger partial charge on any atom is 0.307 e. The lowest BCUT2D eigenvalue weighted by molar-refractivity contribution is 0.451. The Hall–Kier alpha value is -3.05. The van der Waals surface area contributed by atoms with Crippen LogP contribution in [0.15, 0.2) is 23.0 Å². The molecule has 3 aromatic rings. The molecule has 0 spiro atoms. The van der Waals surface area contributed by atoms with Crippen molar-refractivity contribution in [2.45, 2.75) is 51.1 Å². The van der Waals surface area contributed by atoms with Gasteiger partial charge in [0.25, 0.3) is 0 Å². The van der Waals surface area contributed by atoms with E-state index in [-0.39, 0.29) is 46.0 Å². The van der Waals surface area contributed by atoms with Gasteiger partial charge < -0.3 is 26.2 Å². The third kappa shape index (κ3) is 5.80. The van der Waals surface area contributed by atoms with Gasteiger partial charge in [-0.1, -0.05) is 48.6 Å². The van der Waals surface area contributed by atoms with Crippen LogP contribution in [0.25, 0.3) is 0 Å². The molecule has 0 aliphatic heterocycles. The highest BCUT2D eigenvalue weighted by atomic mass is 35.5. The summed E-state index contributed by atoms with van der Waals surface area (Å²) in [5.74, 6) is 0.801. The molecule has 2 aromatic heterocycles. The number of aromatic hydroxyl groups is 2. The fourth-order valence-corrected chi connectivity index (χ4v) is 4.37. The van der Waals surface area contributed by atoms with Crippen LogP contribution in [0.4, 0.5) is 23.5 Å². The van der Waals surface area contributed by atoms with Crippen LogP contribution in [0.2, 0.25) is 5.02 Å². The zero-order chi connectivity index (χ0) is 22.5. The molecule has 10 nitrogen and oxygen atoms in total. The predicted octanol–water partition coefficient (Wildman–Crippen LogP) is 4.18. The average molecular weight is 478 g/mol. The van der Waals surface area contributed by atoms with Gasteiger partial charge in [0.2, 0.25) is 23.7 Å². The Labute approximate surface area is 193 Å². The summed E-state index contributed by atoms with van der Waals surface area (Å²) in [6, 6.07) is 4.99. The number of aromatic nitrogens is 4. The fraction of sp³-hybridized carbons (Fsp3) is 0.400. The van der Waals surface area contributed by atoms with Crippen LogP contribution >= 0.6 is 22.9 Å². The van der Waals surface area contributed by atoms with Crippen molar-refractivity contribution in [1.29, 1.82) is 0 Å². The van der Waals surface area contributed by atoms with E-state index in [1.165, 1.54) is 18.9 Å². The van der Waals surface area contributed by atoms with Crippen molar-refractivity contribution < 1.29 is 10.2 Å². The molecule has 0 radical (unpaired) electrons. The normalized spacial score (nSPS) is 14.7. The zero-order valence-electron chi connectivity index (χ0n) is 17.2. The smallest absolute Gasteiger partial charge is 0.307 e. The quantitative estimate of drug-likeness (QED) is 0.218. The van der Waals surface area contributed by atoms with Gasteiger partial charge in [-0.15, -0.1) is 0 Å². The highest BCUT2D eigenvalue weighted by Crippen LogP contribution is 2.28. The molecule has 6 N–H and O–H groups in total. The van der Waals surface area contributed by atoms with E-state index in [9.17, 15) is 15.0 Å². The van der Waals surface area contributed by atoms with E-state index in [0.717, 1.165) is 37.0 Å². The predicted molar refractivity (Wildman–Crippen MR) is 125 cm³/mol. The standard InChI is InChI=1S/C20H24ClN7O3S/c21-13-9-12(7-8-14(13)29)24-19-27-17(22-10-15-16(30)25-20(31)32-15)26-18(28-19)23-11-5-3-1-2-4-6-11/h7-9,11,29-30H,1-6,10H2,(H,25,31)(H3,22,23,24,26,27,28). The number of halogens is 1. The van der Waals surface area contributed by atoms with Crippen molar-refractivity contribution in [3.05, 3.63) is 37.8 Å². The van der Waals surface area contributed by atoms with Gasteiger partial charge in [0.15, 0.2) is 0 Å². The first-order valence-corrected chi connectivity index (χ1v) is 11.6. The molecule has 0 amide bonds. The van der Waals surface area contributed by atoms with E-state index in [1.54, 1.807) is 12.1 Å². The molecule has 12 heteroatoms. The summed E-state index contributed by atoms with van der Waals surface area (Å²) in [6.07, 6.45) is 6.90. The Bertz CT molecular complexity index is 1130. The van der Waals surface area contributed by atoms with Gasteiger partial charge >= 0.3 is 4.87 Å². The number of nitrogens with zero attached hydrogens (tertiary/aromatic N) is 3. The van der Waals surface area contributed by atoms with Crippen LogP contribution in [-0.4, -0.2) is 36.2 Å². The minimum absolute atomic E-state index is 0.0174. The molecule has 1 fully saturated rings. The third-order valence-electron chi connectivity index (χ3n) is 5.14. The molecule has 1 saturated carbocycles. The minimum atomic E-state index is -0.336. The molecule has 0 unspecified atom stereocenters. The van der Waals surface area contributed by atoms with Crippen LogP contribution in [0, 0.1) is 0 Å². The van der Waals surface area contributed by atoms with Gasteiger partial charge in [0, 0.05) is 11.7 Å². The number of phenols is 1. The Morgan fingerprint density at radius 1 is 1.06 bits per heavy atom. The molecule has 1 aliphatic carbocycles. The third-order valence-corrected chi connectivity index (χ3v) is 6.31. The summed E-state index contributed by atoms with van der Waals surface area (Å²) in [5, 5.41) is 29.2. The number of benzene rings is 1. The summed E-state index contributed by atoms with van der Waals surface area (Å²) in [7, 11) is 0. The lowest BCUT2D eigenvalue weighted by atomic mass is 10.1. The summed E-state index contributed by atoms with van der Waals surface area (Å²) >= 11 is 6.92. The Morgan fingerprint density at radius 2 is 1.78 bits per heavy atom. The van der Waals surface area contributed by atoms with Gasteiger partial charge in [-0.3, -0.25) is 9.78 Å². The van der Waals surface area contributed by atoms with Crippen LogP contribution in [-0.2, 0) is 6.54 Å². The van der Waals surface area contributed by atoms with E-state index >= 15 is 0 Å². The highest BCUT2D eigenvalue weighted by Gasteiger charge is 2.16. The van der Waals surface area contributed by atoms with Crippen LogP contribution < -0.4 is 20.8 Å². The number of rotatable bonds is 7. The first kappa shape index (κ1) is 22.2. The second-order valence-electron chi connectivity index (χ2n) is 7.57. The Morgan fingerprint density at radius 3 is 2.47 bits per heavy atom. The van der Waals surface area contributed by atoms with Crippen LogP contribution in [0.1, 0.15) is 43.4 Å². The summed E-state index contributed by atoms with van der Waals surface area (Å²) in [6.45, 7) is 0.173. The molecule has 32 heavy (non-hydrogen) atoms. The number of aromatic amines is 1. The maximum atomic E-state index is 11.4. The summed E-state index contributed by atoms with van der Waals surface area (Å²) < 4.78 is 0. The molecule has 0 bridgehead atoms. The van der Waals surface area contributed by atoms with Gasteiger partial charge in [-0.05, 0) is 31.0 Å². The lowest BCUT2D eigenvalue weighted by Crippen LogP contribution is -2.21. The van der Waals surface area contributed by atoms with Crippen molar-refractivity contribution in [1.82, 2.24) is 19.9 Å². The largest absolute Gasteiger partial charge is 0.506 e. The molecule has 0 saturated heterocycles. The average Bonchev–Trinajstić information content (AvgIpc) is 2.92. The fourth-order valence-electron chi connectivity index (χ4n) is 3.53. The molecule has 170 valence electrons. The SMILES string of the molecule is O=c1[nH]c(O)c(CNc2nc(Nc3ccc(O)c(Cl)c3)nc(NC3CCCCCC3)n2)s1. The lowest BCUT2D eigenvalue weighted by Gasteiger charge is -2.17. The number of hydrogen-bond donors (Lipinski definition) is 6. The van der Waals surface area contributed by atoms with Crippen molar-refractivity contribution in [3.8, 4) is 11.6 Å². The minimum Gasteiger partial charge on any atom is -0.506 e. The van der Waals surface area contributed by atoms with E-state index in [0.29, 0.717) is 16.5 Å². The van der Waals surface area contributed by atoms with Gasteiger partial charge in [-0.25, -0.2) is 0 Å². The van der Waals surface area contributed by atoms with Crippen LogP contribution in [0.3, 0.4) is 0 Å². The van der Waals surface area contributed by atoms with E-state index in [1.807, 2.05) is 0 Å². The van der Waals surface area contributed by atoms with Crippen molar-refractivity contribution in [2.24, 2.45) is 0 Å².